The molecule has 154 valence electrons. The molecule has 1 aliphatic heterocycles. The third-order valence-corrected chi connectivity index (χ3v) is 6.25. The minimum atomic E-state index is -0.202. The topological polar surface area (TPSA) is 45.2 Å². The van der Waals surface area contributed by atoms with Gasteiger partial charge in [0.25, 0.3) is 5.91 Å². The Kier molecular flexibility index (Phi) is 5.05. The summed E-state index contributed by atoms with van der Waals surface area (Å²) in [5.41, 5.74) is 5.63. The lowest BCUT2D eigenvalue weighted by molar-refractivity contribution is 0.102. The fourth-order valence-corrected chi connectivity index (χ4v) is 4.19. The molecule has 1 N–H and O–H groups in total. The number of anilines is 3. The zero-order chi connectivity index (χ0) is 21.5. The molecule has 2 heterocycles. The van der Waals surface area contributed by atoms with Crippen LogP contribution in [0.4, 0.5) is 17.2 Å². The number of nitrogens with one attached hydrogen (secondary N) is 1. The van der Waals surface area contributed by atoms with Gasteiger partial charge in [0, 0.05) is 28.9 Å². The number of rotatable bonds is 3. The third-order valence-electron chi connectivity index (χ3n) is 5.51. The molecule has 0 atom stereocenters. The van der Waals surface area contributed by atoms with E-state index >= 15 is 0 Å². The summed E-state index contributed by atoms with van der Waals surface area (Å²) in [7, 11) is 0. The molecular formula is C25H19Cl2N3O. The highest BCUT2D eigenvalue weighted by Crippen LogP contribution is 2.35. The first-order valence-electron chi connectivity index (χ1n) is 10.0. The molecule has 4 nitrogen and oxygen atoms in total. The van der Waals surface area contributed by atoms with Crippen LogP contribution in [-0.2, 0) is 6.42 Å². The van der Waals surface area contributed by atoms with Gasteiger partial charge in [-0.25, -0.2) is 4.98 Å². The predicted octanol–water partition coefficient (Wildman–Crippen LogP) is 6.80. The molecular weight excluding hydrogens is 429 g/mol. The monoisotopic (exact) mass is 447 g/mol. The molecule has 31 heavy (non-hydrogen) atoms. The number of amides is 1. The number of nitrogens with zero attached hydrogens (tertiary/aromatic N) is 2. The largest absolute Gasteiger partial charge is 0.326 e. The zero-order valence-electron chi connectivity index (χ0n) is 16.8. The normalized spacial score (nSPS) is 12.8. The maximum Gasteiger partial charge on any atom is 0.255 e. The SMILES string of the molecule is Cc1ccc2cc3c(nc2c1)N(c1ccc(C(=O)Nc2ccc(Cl)c(Cl)c2)cc1)CC3. The van der Waals surface area contributed by atoms with Crippen LogP contribution >= 0.6 is 23.2 Å². The van der Waals surface area contributed by atoms with E-state index in [1.54, 1.807) is 18.2 Å². The highest BCUT2D eigenvalue weighted by Gasteiger charge is 2.23. The van der Waals surface area contributed by atoms with Crippen LogP contribution in [-0.4, -0.2) is 17.4 Å². The Bertz CT molecular complexity index is 1320. The standard InChI is InChI=1S/C25H19Cl2N3O/c1-15-2-3-17-13-18-10-11-30(24(18)29-23(17)12-15)20-7-4-16(5-8-20)25(31)28-19-6-9-21(26)22(27)14-19/h2-9,12-14H,10-11H2,1H3,(H,28,31). The van der Waals surface area contributed by atoms with Crippen LogP contribution in [0.15, 0.2) is 66.7 Å². The van der Waals surface area contributed by atoms with E-state index in [-0.39, 0.29) is 5.91 Å². The number of benzene rings is 3. The number of carbonyl (C=O) groups is 1. The van der Waals surface area contributed by atoms with Crippen molar-refractivity contribution in [2.75, 3.05) is 16.8 Å². The number of fused-ring (bicyclic) bond motifs is 2. The van der Waals surface area contributed by atoms with Crippen molar-refractivity contribution in [1.29, 1.82) is 0 Å². The molecule has 0 fully saturated rings. The smallest absolute Gasteiger partial charge is 0.255 e. The second kappa shape index (κ2) is 7.88. The first-order valence-corrected chi connectivity index (χ1v) is 10.8. The summed E-state index contributed by atoms with van der Waals surface area (Å²) in [5.74, 6) is 0.789. The van der Waals surface area contributed by atoms with E-state index in [9.17, 15) is 4.79 Å². The Morgan fingerprint density at radius 3 is 2.55 bits per heavy atom. The fraction of sp³-hybridized carbons (Fsp3) is 0.120. The van der Waals surface area contributed by atoms with Crippen LogP contribution in [0, 0.1) is 6.92 Å². The Labute approximate surface area is 190 Å². The molecule has 1 aliphatic rings. The Morgan fingerprint density at radius 1 is 0.968 bits per heavy atom. The molecule has 1 amide bonds. The van der Waals surface area contributed by atoms with Crippen molar-refractivity contribution in [3.05, 3.63) is 93.5 Å². The molecule has 0 radical (unpaired) electrons. The van der Waals surface area contributed by atoms with Crippen LogP contribution in [0.25, 0.3) is 10.9 Å². The molecule has 0 aliphatic carbocycles. The van der Waals surface area contributed by atoms with E-state index in [1.165, 1.54) is 16.5 Å². The molecule has 4 aromatic rings. The maximum atomic E-state index is 12.6. The minimum absolute atomic E-state index is 0.202. The van der Waals surface area contributed by atoms with E-state index in [4.69, 9.17) is 28.2 Å². The van der Waals surface area contributed by atoms with E-state index < -0.39 is 0 Å². The fourth-order valence-electron chi connectivity index (χ4n) is 3.89. The predicted molar refractivity (Wildman–Crippen MR) is 128 cm³/mol. The van der Waals surface area contributed by atoms with Gasteiger partial charge in [-0.3, -0.25) is 4.79 Å². The highest BCUT2D eigenvalue weighted by molar-refractivity contribution is 6.42. The number of hydrogen-bond acceptors (Lipinski definition) is 3. The Hall–Kier alpha value is -3.08. The van der Waals surface area contributed by atoms with Crippen LogP contribution in [0.5, 0.6) is 0 Å². The summed E-state index contributed by atoms with van der Waals surface area (Å²) < 4.78 is 0. The lowest BCUT2D eigenvalue weighted by atomic mass is 10.1. The second-order valence-electron chi connectivity index (χ2n) is 7.70. The molecule has 5 rings (SSSR count). The summed E-state index contributed by atoms with van der Waals surface area (Å²) in [6.45, 7) is 2.94. The summed E-state index contributed by atoms with van der Waals surface area (Å²) in [5, 5.41) is 4.87. The summed E-state index contributed by atoms with van der Waals surface area (Å²) in [6, 6.07) is 21.2. The van der Waals surface area contributed by atoms with Gasteiger partial charge in [0.2, 0.25) is 0 Å². The highest BCUT2D eigenvalue weighted by atomic mass is 35.5. The number of pyridine rings is 1. The van der Waals surface area contributed by atoms with Crippen molar-refractivity contribution < 1.29 is 4.79 Å². The van der Waals surface area contributed by atoms with Crippen molar-refractivity contribution in [2.24, 2.45) is 0 Å². The second-order valence-corrected chi connectivity index (χ2v) is 8.51. The van der Waals surface area contributed by atoms with Crippen molar-refractivity contribution in [2.45, 2.75) is 13.3 Å². The number of hydrogen-bond donors (Lipinski definition) is 1. The van der Waals surface area contributed by atoms with Gasteiger partial charge in [-0.15, -0.1) is 0 Å². The summed E-state index contributed by atoms with van der Waals surface area (Å²) in [6.07, 6.45) is 0.950. The average Bonchev–Trinajstić information content (AvgIpc) is 3.17. The van der Waals surface area contributed by atoms with E-state index in [2.05, 4.69) is 41.4 Å². The van der Waals surface area contributed by atoms with Gasteiger partial charge in [-0.2, -0.15) is 0 Å². The average molecular weight is 448 g/mol. The molecule has 1 aromatic heterocycles. The van der Waals surface area contributed by atoms with Crippen LogP contribution in [0.1, 0.15) is 21.5 Å². The van der Waals surface area contributed by atoms with Crippen molar-refractivity contribution in [1.82, 2.24) is 4.98 Å². The van der Waals surface area contributed by atoms with E-state index in [0.717, 1.165) is 30.0 Å². The van der Waals surface area contributed by atoms with Gasteiger partial charge >= 0.3 is 0 Å². The van der Waals surface area contributed by atoms with Gasteiger partial charge in [-0.05, 0) is 79.1 Å². The van der Waals surface area contributed by atoms with Gasteiger partial charge < -0.3 is 10.2 Å². The molecule has 0 saturated carbocycles. The lowest BCUT2D eigenvalue weighted by Gasteiger charge is -2.19. The quantitative estimate of drug-likeness (QED) is 0.375. The molecule has 0 unspecified atom stereocenters. The van der Waals surface area contributed by atoms with Crippen molar-refractivity contribution in [3.8, 4) is 0 Å². The lowest BCUT2D eigenvalue weighted by Crippen LogP contribution is -2.15. The minimum Gasteiger partial charge on any atom is -0.326 e. The molecule has 6 heteroatoms. The number of carbonyl (C=O) groups excluding carboxylic acids is 1. The molecule has 3 aromatic carbocycles. The Morgan fingerprint density at radius 2 is 1.77 bits per heavy atom. The molecule has 0 saturated heterocycles. The summed E-state index contributed by atoms with van der Waals surface area (Å²) >= 11 is 12.0. The molecule has 0 bridgehead atoms. The van der Waals surface area contributed by atoms with Crippen LogP contribution < -0.4 is 10.2 Å². The van der Waals surface area contributed by atoms with Crippen LogP contribution in [0.3, 0.4) is 0 Å². The number of halogens is 2. The first kappa shape index (κ1) is 19.9. The maximum absolute atomic E-state index is 12.6. The van der Waals surface area contributed by atoms with Gasteiger partial charge in [0.1, 0.15) is 5.82 Å². The Balaban J connectivity index is 1.38. The van der Waals surface area contributed by atoms with Gasteiger partial charge in [0.15, 0.2) is 0 Å². The van der Waals surface area contributed by atoms with Crippen molar-refractivity contribution in [3.63, 3.8) is 0 Å². The first-order chi connectivity index (χ1) is 15.0. The number of aromatic nitrogens is 1. The molecule has 0 spiro atoms. The van der Waals surface area contributed by atoms with Crippen molar-refractivity contribution >= 4 is 57.2 Å². The third kappa shape index (κ3) is 3.85. The van der Waals surface area contributed by atoms with Gasteiger partial charge in [0.05, 0.1) is 15.6 Å². The van der Waals surface area contributed by atoms with E-state index in [1.807, 2.05) is 24.3 Å². The number of aryl methyl sites for hydroxylation is 1. The van der Waals surface area contributed by atoms with Gasteiger partial charge in [-0.1, -0.05) is 35.3 Å². The summed E-state index contributed by atoms with van der Waals surface area (Å²) in [4.78, 5) is 19.7. The zero-order valence-corrected chi connectivity index (χ0v) is 18.3. The van der Waals surface area contributed by atoms with E-state index in [0.29, 0.717) is 21.3 Å². The van der Waals surface area contributed by atoms with Crippen LogP contribution in [0.2, 0.25) is 10.0 Å².